The standard InChI is InChI=1S/C18H22N2O.ClH/c19-12-14-5-4-10-20(13-14)18(21)11-16-8-3-7-15-6-1-2-9-17(15)16;/h1-3,6-9,14H,4-5,10-13,19H2;1H. The summed E-state index contributed by atoms with van der Waals surface area (Å²) in [6.45, 7) is 2.37. The molecule has 1 fully saturated rings. The topological polar surface area (TPSA) is 46.3 Å². The van der Waals surface area contributed by atoms with E-state index in [1.807, 2.05) is 23.1 Å². The molecule has 2 N–H and O–H groups in total. The van der Waals surface area contributed by atoms with Crippen molar-refractivity contribution in [3.8, 4) is 0 Å². The summed E-state index contributed by atoms with van der Waals surface area (Å²) in [5.41, 5.74) is 6.87. The zero-order valence-electron chi connectivity index (χ0n) is 12.7. The second kappa shape index (κ2) is 7.61. The second-order valence-corrected chi connectivity index (χ2v) is 5.90. The number of carbonyl (C=O) groups excluding carboxylic acids is 1. The Morgan fingerprint density at radius 1 is 1.18 bits per heavy atom. The summed E-state index contributed by atoms with van der Waals surface area (Å²) in [4.78, 5) is 14.5. The Morgan fingerprint density at radius 3 is 2.77 bits per heavy atom. The van der Waals surface area contributed by atoms with E-state index in [1.165, 1.54) is 10.8 Å². The lowest BCUT2D eigenvalue weighted by atomic mass is 9.97. The van der Waals surface area contributed by atoms with Gasteiger partial charge >= 0.3 is 0 Å². The Bertz CT molecular complexity index is 639. The molecule has 0 bridgehead atoms. The zero-order chi connectivity index (χ0) is 14.7. The lowest BCUT2D eigenvalue weighted by Crippen LogP contribution is -2.42. The summed E-state index contributed by atoms with van der Waals surface area (Å²) in [6.07, 6.45) is 2.70. The normalized spacial score (nSPS) is 18.0. The summed E-state index contributed by atoms with van der Waals surface area (Å²) in [5, 5.41) is 2.38. The van der Waals surface area contributed by atoms with Crippen LogP contribution in [0, 0.1) is 5.92 Å². The molecular weight excluding hydrogens is 296 g/mol. The Balaban J connectivity index is 0.00000176. The smallest absolute Gasteiger partial charge is 0.227 e. The van der Waals surface area contributed by atoms with E-state index in [0.29, 0.717) is 18.9 Å². The SMILES string of the molecule is Cl.NCC1CCCN(C(=O)Cc2cccc3ccccc23)C1. The molecule has 1 aliphatic rings. The zero-order valence-corrected chi connectivity index (χ0v) is 13.5. The largest absolute Gasteiger partial charge is 0.342 e. The van der Waals surface area contributed by atoms with Gasteiger partial charge in [-0.2, -0.15) is 0 Å². The van der Waals surface area contributed by atoms with Crippen molar-refractivity contribution in [2.75, 3.05) is 19.6 Å². The molecule has 2 aromatic rings. The summed E-state index contributed by atoms with van der Waals surface area (Å²) >= 11 is 0. The van der Waals surface area contributed by atoms with E-state index in [9.17, 15) is 4.79 Å². The van der Waals surface area contributed by atoms with Gasteiger partial charge in [-0.25, -0.2) is 0 Å². The molecular formula is C18H23ClN2O. The van der Waals surface area contributed by atoms with Gasteiger partial charge in [-0.05, 0) is 41.6 Å². The Kier molecular flexibility index (Phi) is 5.81. The van der Waals surface area contributed by atoms with E-state index >= 15 is 0 Å². The number of likely N-dealkylation sites (tertiary alicyclic amines) is 1. The fourth-order valence-corrected chi connectivity index (χ4v) is 3.21. The first kappa shape index (κ1) is 16.8. The number of piperidine rings is 1. The number of nitrogens with zero attached hydrogens (tertiary/aromatic N) is 1. The number of carbonyl (C=O) groups is 1. The third-order valence-corrected chi connectivity index (χ3v) is 4.43. The summed E-state index contributed by atoms with van der Waals surface area (Å²) in [7, 11) is 0. The molecule has 1 heterocycles. The molecule has 118 valence electrons. The summed E-state index contributed by atoms with van der Waals surface area (Å²) in [6, 6.07) is 14.4. The van der Waals surface area contributed by atoms with E-state index < -0.39 is 0 Å². The maximum atomic E-state index is 12.6. The van der Waals surface area contributed by atoms with Gasteiger partial charge in [0, 0.05) is 13.1 Å². The summed E-state index contributed by atoms with van der Waals surface area (Å²) in [5.74, 6) is 0.694. The van der Waals surface area contributed by atoms with Crippen molar-refractivity contribution in [2.45, 2.75) is 19.3 Å². The van der Waals surface area contributed by atoms with Crippen molar-refractivity contribution in [1.29, 1.82) is 0 Å². The van der Waals surface area contributed by atoms with Crippen molar-refractivity contribution in [3.05, 3.63) is 48.0 Å². The van der Waals surface area contributed by atoms with Crippen LogP contribution in [-0.2, 0) is 11.2 Å². The van der Waals surface area contributed by atoms with Crippen LogP contribution < -0.4 is 5.73 Å². The number of halogens is 1. The molecule has 1 saturated heterocycles. The van der Waals surface area contributed by atoms with Gasteiger partial charge in [0.15, 0.2) is 0 Å². The highest BCUT2D eigenvalue weighted by atomic mass is 35.5. The number of hydrogen-bond acceptors (Lipinski definition) is 2. The molecule has 1 unspecified atom stereocenters. The maximum Gasteiger partial charge on any atom is 0.227 e. The first-order chi connectivity index (χ1) is 10.3. The Hall–Kier alpha value is -1.58. The molecule has 1 aliphatic heterocycles. The third kappa shape index (κ3) is 3.60. The molecule has 0 spiro atoms. The minimum absolute atomic E-state index is 0. The number of benzene rings is 2. The van der Waals surface area contributed by atoms with Crippen LogP contribution in [0.5, 0.6) is 0 Å². The van der Waals surface area contributed by atoms with Crippen LogP contribution >= 0.6 is 12.4 Å². The monoisotopic (exact) mass is 318 g/mol. The lowest BCUT2D eigenvalue weighted by molar-refractivity contribution is -0.132. The van der Waals surface area contributed by atoms with Gasteiger partial charge in [-0.15, -0.1) is 12.4 Å². The molecule has 4 heteroatoms. The average Bonchev–Trinajstić information content (AvgIpc) is 2.55. The highest BCUT2D eigenvalue weighted by Gasteiger charge is 2.22. The third-order valence-electron chi connectivity index (χ3n) is 4.43. The Labute approximate surface area is 137 Å². The van der Waals surface area contributed by atoms with Gasteiger partial charge < -0.3 is 10.6 Å². The molecule has 1 amide bonds. The van der Waals surface area contributed by atoms with Crippen molar-refractivity contribution < 1.29 is 4.79 Å². The molecule has 0 aromatic heterocycles. The first-order valence-electron chi connectivity index (χ1n) is 7.72. The highest BCUT2D eigenvalue weighted by molar-refractivity contribution is 5.90. The summed E-state index contributed by atoms with van der Waals surface area (Å²) < 4.78 is 0. The van der Waals surface area contributed by atoms with Gasteiger partial charge in [0.2, 0.25) is 5.91 Å². The molecule has 3 rings (SSSR count). The second-order valence-electron chi connectivity index (χ2n) is 5.90. The fourth-order valence-electron chi connectivity index (χ4n) is 3.21. The number of nitrogens with two attached hydrogens (primary N) is 1. The predicted molar refractivity (Wildman–Crippen MR) is 93.3 cm³/mol. The molecule has 22 heavy (non-hydrogen) atoms. The first-order valence-corrected chi connectivity index (χ1v) is 7.72. The Morgan fingerprint density at radius 2 is 1.95 bits per heavy atom. The molecule has 3 nitrogen and oxygen atoms in total. The van der Waals surface area contributed by atoms with Crippen molar-refractivity contribution >= 4 is 29.1 Å². The van der Waals surface area contributed by atoms with Crippen molar-refractivity contribution in [2.24, 2.45) is 11.7 Å². The van der Waals surface area contributed by atoms with Gasteiger partial charge in [0.25, 0.3) is 0 Å². The molecule has 0 aliphatic carbocycles. The number of rotatable bonds is 3. The van der Waals surface area contributed by atoms with Gasteiger partial charge in [-0.3, -0.25) is 4.79 Å². The van der Waals surface area contributed by atoms with Crippen LogP contribution in [-0.4, -0.2) is 30.4 Å². The number of hydrogen-bond donors (Lipinski definition) is 1. The lowest BCUT2D eigenvalue weighted by Gasteiger charge is -2.32. The van der Waals surface area contributed by atoms with E-state index in [4.69, 9.17) is 5.73 Å². The van der Waals surface area contributed by atoms with E-state index in [-0.39, 0.29) is 18.3 Å². The van der Waals surface area contributed by atoms with Crippen molar-refractivity contribution in [3.63, 3.8) is 0 Å². The molecule has 2 aromatic carbocycles. The van der Waals surface area contributed by atoms with Crippen LogP contribution in [0.2, 0.25) is 0 Å². The van der Waals surface area contributed by atoms with Gasteiger partial charge in [0.05, 0.1) is 6.42 Å². The minimum Gasteiger partial charge on any atom is -0.342 e. The molecule has 0 saturated carbocycles. The number of fused-ring (bicyclic) bond motifs is 1. The van der Waals surface area contributed by atoms with Crippen LogP contribution in [0.15, 0.2) is 42.5 Å². The van der Waals surface area contributed by atoms with Gasteiger partial charge in [0.1, 0.15) is 0 Å². The van der Waals surface area contributed by atoms with E-state index in [2.05, 4.69) is 24.3 Å². The van der Waals surface area contributed by atoms with Gasteiger partial charge in [-0.1, -0.05) is 42.5 Å². The quantitative estimate of drug-likeness (QED) is 0.945. The fraction of sp³-hybridized carbons (Fsp3) is 0.389. The predicted octanol–water partition coefficient (Wildman–Crippen LogP) is 3.00. The minimum atomic E-state index is 0. The van der Waals surface area contributed by atoms with Crippen LogP contribution in [0.3, 0.4) is 0 Å². The molecule has 0 radical (unpaired) electrons. The van der Waals surface area contributed by atoms with Crippen LogP contribution in [0.25, 0.3) is 10.8 Å². The number of amides is 1. The van der Waals surface area contributed by atoms with Crippen molar-refractivity contribution in [1.82, 2.24) is 4.90 Å². The molecule has 1 atom stereocenters. The maximum absolute atomic E-state index is 12.6. The van der Waals surface area contributed by atoms with Crippen LogP contribution in [0.1, 0.15) is 18.4 Å². The average molecular weight is 319 g/mol. The van der Waals surface area contributed by atoms with E-state index in [1.54, 1.807) is 0 Å². The van der Waals surface area contributed by atoms with E-state index in [0.717, 1.165) is 31.5 Å². The highest BCUT2D eigenvalue weighted by Crippen LogP contribution is 2.21. The van der Waals surface area contributed by atoms with Crippen LogP contribution in [0.4, 0.5) is 0 Å².